The number of hydrogen-bond acceptors (Lipinski definition) is 3. The number of nitrogens with zero attached hydrogens (tertiary/aromatic N) is 2. The molecule has 1 heterocycles. The Bertz CT molecular complexity index is 577. The van der Waals surface area contributed by atoms with Gasteiger partial charge in [-0.25, -0.2) is 0 Å². The fourth-order valence-electron chi connectivity index (χ4n) is 1.80. The van der Waals surface area contributed by atoms with Crippen LogP contribution in [0.3, 0.4) is 0 Å². The average Bonchev–Trinajstić information content (AvgIpc) is 2.72. The van der Waals surface area contributed by atoms with Gasteiger partial charge in [0, 0.05) is 24.7 Å². The third-order valence-electron chi connectivity index (χ3n) is 2.75. The standard InChI is InChI=1S/C13H17N3OS/c1-10-3-4-13(12(14)7-10)18(17)6-5-11-8-15-16(2)9-11/h3-4,7-9H,5-6,14H2,1-2H3. The van der Waals surface area contributed by atoms with E-state index in [1.807, 2.05) is 38.4 Å². The van der Waals surface area contributed by atoms with E-state index in [0.29, 0.717) is 11.4 Å². The smallest absolute Gasteiger partial charge is 0.0617 e. The summed E-state index contributed by atoms with van der Waals surface area (Å²) in [6, 6.07) is 5.65. The number of anilines is 1. The zero-order valence-corrected chi connectivity index (χ0v) is 11.4. The SMILES string of the molecule is Cc1ccc(S(=O)CCc2cnn(C)c2)c(N)c1. The summed E-state index contributed by atoms with van der Waals surface area (Å²) in [5.74, 6) is 0.568. The highest BCUT2D eigenvalue weighted by Gasteiger charge is 2.08. The molecule has 0 bridgehead atoms. The Balaban J connectivity index is 2.03. The maximum absolute atomic E-state index is 12.2. The van der Waals surface area contributed by atoms with Gasteiger partial charge in [0.2, 0.25) is 0 Å². The third-order valence-corrected chi connectivity index (χ3v) is 4.18. The van der Waals surface area contributed by atoms with Gasteiger partial charge in [-0.2, -0.15) is 5.10 Å². The maximum Gasteiger partial charge on any atom is 0.0617 e. The molecular formula is C13H17N3OS. The van der Waals surface area contributed by atoms with Gasteiger partial charge in [0.1, 0.15) is 0 Å². The van der Waals surface area contributed by atoms with E-state index in [2.05, 4.69) is 5.10 Å². The molecule has 0 aliphatic rings. The van der Waals surface area contributed by atoms with Crippen molar-refractivity contribution in [3.05, 3.63) is 41.7 Å². The fraction of sp³-hybridized carbons (Fsp3) is 0.308. The zero-order valence-electron chi connectivity index (χ0n) is 10.6. The van der Waals surface area contributed by atoms with Gasteiger partial charge >= 0.3 is 0 Å². The van der Waals surface area contributed by atoms with Crippen LogP contribution >= 0.6 is 0 Å². The lowest BCUT2D eigenvalue weighted by atomic mass is 10.2. The van der Waals surface area contributed by atoms with Crippen molar-refractivity contribution >= 4 is 16.5 Å². The molecular weight excluding hydrogens is 246 g/mol. The Hall–Kier alpha value is -1.62. The molecule has 0 radical (unpaired) electrons. The number of nitrogen functional groups attached to an aromatic ring is 1. The van der Waals surface area contributed by atoms with E-state index in [0.717, 1.165) is 22.4 Å². The van der Waals surface area contributed by atoms with Crippen molar-refractivity contribution < 1.29 is 4.21 Å². The summed E-state index contributed by atoms with van der Waals surface area (Å²) in [5.41, 5.74) is 8.67. The summed E-state index contributed by atoms with van der Waals surface area (Å²) in [4.78, 5) is 0.726. The number of benzene rings is 1. The van der Waals surface area contributed by atoms with Gasteiger partial charge in [-0.15, -0.1) is 0 Å². The minimum atomic E-state index is -1.06. The van der Waals surface area contributed by atoms with Crippen LogP contribution in [0.1, 0.15) is 11.1 Å². The lowest BCUT2D eigenvalue weighted by Crippen LogP contribution is -2.04. The van der Waals surface area contributed by atoms with Gasteiger partial charge in [0.05, 0.1) is 21.9 Å². The van der Waals surface area contributed by atoms with Gasteiger partial charge in [0.15, 0.2) is 0 Å². The molecule has 0 aliphatic heterocycles. The van der Waals surface area contributed by atoms with Crippen molar-refractivity contribution in [2.45, 2.75) is 18.2 Å². The van der Waals surface area contributed by atoms with Crippen LogP contribution in [-0.2, 0) is 24.3 Å². The average molecular weight is 263 g/mol. The van der Waals surface area contributed by atoms with Crippen molar-refractivity contribution in [3.8, 4) is 0 Å². The number of rotatable bonds is 4. The van der Waals surface area contributed by atoms with Crippen LogP contribution in [0.15, 0.2) is 35.5 Å². The van der Waals surface area contributed by atoms with Crippen molar-refractivity contribution in [2.75, 3.05) is 11.5 Å². The Labute approximate surface area is 109 Å². The molecule has 1 atom stereocenters. The monoisotopic (exact) mass is 263 g/mol. The van der Waals surface area contributed by atoms with Crippen molar-refractivity contribution in [1.29, 1.82) is 0 Å². The molecule has 2 aromatic rings. The van der Waals surface area contributed by atoms with Crippen LogP contribution in [0.2, 0.25) is 0 Å². The highest BCUT2D eigenvalue weighted by molar-refractivity contribution is 7.85. The van der Waals surface area contributed by atoms with Crippen LogP contribution < -0.4 is 5.73 Å². The van der Waals surface area contributed by atoms with Crippen LogP contribution in [-0.4, -0.2) is 19.7 Å². The number of nitrogens with two attached hydrogens (primary N) is 1. The molecule has 0 spiro atoms. The molecule has 2 N–H and O–H groups in total. The first-order valence-corrected chi connectivity index (χ1v) is 7.10. The van der Waals surface area contributed by atoms with Crippen LogP contribution in [0.5, 0.6) is 0 Å². The second-order valence-electron chi connectivity index (χ2n) is 4.36. The van der Waals surface area contributed by atoms with E-state index in [1.54, 1.807) is 10.9 Å². The summed E-state index contributed by atoms with van der Waals surface area (Å²) in [5, 5.41) is 4.09. The highest BCUT2D eigenvalue weighted by atomic mass is 32.2. The molecule has 0 saturated heterocycles. The molecule has 0 saturated carbocycles. The fourth-order valence-corrected chi connectivity index (χ4v) is 2.98. The highest BCUT2D eigenvalue weighted by Crippen LogP contribution is 2.18. The first kappa shape index (κ1) is 12.8. The maximum atomic E-state index is 12.2. The summed E-state index contributed by atoms with van der Waals surface area (Å²) in [7, 11) is 0.817. The van der Waals surface area contributed by atoms with E-state index in [-0.39, 0.29) is 0 Å². The molecule has 0 amide bonds. The molecule has 1 aromatic heterocycles. The molecule has 1 unspecified atom stereocenters. The predicted octanol–water partition coefficient (Wildman–Crippen LogP) is 1.66. The van der Waals surface area contributed by atoms with E-state index in [1.165, 1.54) is 0 Å². The summed E-state index contributed by atoms with van der Waals surface area (Å²) in [6.45, 7) is 1.97. The number of hydrogen-bond donors (Lipinski definition) is 1. The minimum Gasteiger partial charge on any atom is -0.398 e. The van der Waals surface area contributed by atoms with Gasteiger partial charge in [-0.05, 0) is 36.6 Å². The van der Waals surface area contributed by atoms with Crippen molar-refractivity contribution in [3.63, 3.8) is 0 Å². The third kappa shape index (κ3) is 2.98. The molecule has 2 rings (SSSR count). The molecule has 96 valence electrons. The van der Waals surface area contributed by atoms with E-state index < -0.39 is 10.8 Å². The van der Waals surface area contributed by atoms with Crippen molar-refractivity contribution in [2.24, 2.45) is 7.05 Å². The van der Waals surface area contributed by atoms with Crippen LogP contribution in [0, 0.1) is 6.92 Å². The normalized spacial score (nSPS) is 12.6. The molecule has 0 fully saturated rings. The molecule has 4 nitrogen and oxygen atoms in total. The minimum absolute atomic E-state index is 0.568. The quantitative estimate of drug-likeness (QED) is 0.853. The van der Waals surface area contributed by atoms with E-state index in [4.69, 9.17) is 5.73 Å². The first-order valence-electron chi connectivity index (χ1n) is 5.78. The lowest BCUT2D eigenvalue weighted by Gasteiger charge is -2.06. The lowest BCUT2D eigenvalue weighted by molar-refractivity contribution is 0.682. The summed E-state index contributed by atoms with van der Waals surface area (Å²) < 4.78 is 13.9. The molecule has 0 aliphatic carbocycles. The second kappa shape index (κ2) is 5.35. The predicted molar refractivity (Wildman–Crippen MR) is 73.8 cm³/mol. The zero-order chi connectivity index (χ0) is 13.1. The Kier molecular flexibility index (Phi) is 3.81. The second-order valence-corrected chi connectivity index (χ2v) is 5.90. The van der Waals surface area contributed by atoms with Crippen LogP contribution in [0.4, 0.5) is 5.69 Å². The van der Waals surface area contributed by atoms with Crippen molar-refractivity contribution in [1.82, 2.24) is 9.78 Å². The molecule has 18 heavy (non-hydrogen) atoms. The number of aromatic nitrogens is 2. The molecule has 5 heteroatoms. The first-order chi connectivity index (χ1) is 8.56. The Morgan fingerprint density at radius 1 is 1.44 bits per heavy atom. The van der Waals surface area contributed by atoms with Gasteiger partial charge < -0.3 is 5.73 Å². The number of aryl methyl sites for hydroxylation is 3. The largest absolute Gasteiger partial charge is 0.398 e. The van der Waals surface area contributed by atoms with E-state index >= 15 is 0 Å². The van der Waals surface area contributed by atoms with Gasteiger partial charge in [0.25, 0.3) is 0 Å². The molecule has 1 aromatic carbocycles. The summed E-state index contributed by atoms with van der Waals surface area (Å²) >= 11 is 0. The van der Waals surface area contributed by atoms with Gasteiger partial charge in [-0.1, -0.05) is 6.07 Å². The summed E-state index contributed by atoms with van der Waals surface area (Å²) in [6.07, 6.45) is 4.49. The van der Waals surface area contributed by atoms with Crippen LogP contribution in [0.25, 0.3) is 0 Å². The van der Waals surface area contributed by atoms with E-state index in [9.17, 15) is 4.21 Å². The Morgan fingerprint density at radius 3 is 2.83 bits per heavy atom. The van der Waals surface area contributed by atoms with Gasteiger partial charge in [-0.3, -0.25) is 8.89 Å². The topological polar surface area (TPSA) is 60.9 Å². The Morgan fingerprint density at radius 2 is 2.22 bits per heavy atom.